The van der Waals surface area contributed by atoms with E-state index in [1.165, 1.54) is 4.90 Å². The summed E-state index contributed by atoms with van der Waals surface area (Å²) in [6, 6.07) is 26.9. The third-order valence-electron chi connectivity index (χ3n) is 6.06. The number of amides is 1. The number of hydrogen-bond acceptors (Lipinski definition) is 5. The number of halogens is 1. The predicted octanol–water partition coefficient (Wildman–Crippen LogP) is 4.69. The van der Waals surface area contributed by atoms with E-state index in [-0.39, 0.29) is 5.91 Å². The molecule has 1 amide bonds. The van der Waals surface area contributed by atoms with E-state index in [1.54, 1.807) is 0 Å². The molecule has 0 aromatic heterocycles. The highest BCUT2D eigenvalue weighted by molar-refractivity contribution is 14.1. The third kappa shape index (κ3) is 4.48. The molecule has 1 saturated heterocycles. The monoisotopic (exact) mass is 578 g/mol. The van der Waals surface area contributed by atoms with Crippen molar-refractivity contribution in [2.75, 3.05) is 4.43 Å². The van der Waals surface area contributed by atoms with Crippen LogP contribution < -0.4 is 0 Å². The van der Waals surface area contributed by atoms with Crippen LogP contribution in [0.25, 0.3) is 0 Å². The van der Waals surface area contributed by atoms with Gasteiger partial charge in [-0.15, -0.1) is 0 Å². The Balaban J connectivity index is 1.41. The molecule has 6 nitrogen and oxygen atoms in total. The maximum atomic E-state index is 13.6. The van der Waals surface area contributed by atoms with Gasteiger partial charge in [0.15, 0.2) is 18.2 Å². The molecule has 7 heteroatoms. The van der Waals surface area contributed by atoms with Crippen LogP contribution in [0.3, 0.4) is 0 Å². The molecular weight excluding hydrogens is 555 g/mol. The van der Waals surface area contributed by atoms with Crippen molar-refractivity contribution in [2.24, 2.45) is 4.99 Å². The van der Waals surface area contributed by atoms with Crippen molar-refractivity contribution in [3.05, 3.63) is 120 Å². The first-order valence-electron chi connectivity index (χ1n) is 11.2. The Morgan fingerprint density at radius 2 is 1.51 bits per heavy atom. The molecule has 5 rings (SSSR count). The van der Waals surface area contributed by atoms with E-state index >= 15 is 0 Å². The molecule has 2 aliphatic rings. The average molecular weight is 578 g/mol. The maximum Gasteiger partial charge on any atom is 0.334 e. The topological polar surface area (TPSA) is 68.2 Å². The average Bonchev–Trinajstić information content (AvgIpc) is 3.31. The highest BCUT2D eigenvalue weighted by atomic mass is 127. The van der Waals surface area contributed by atoms with Crippen molar-refractivity contribution < 1.29 is 19.1 Å². The number of alkyl halides is 1. The molecule has 3 unspecified atom stereocenters. The Kier molecular flexibility index (Phi) is 6.68. The van der Waals surface area contributed by atoms with Gasteiger partial charge in [0.2, 0.25) is 12.1 Å². The maximum absolute atomic E-state index is 13.6. The first-order chi connectivity index (χ1) is 17.1. The van der Waals surface area contributed by atoms with Crippen LogP contribution in [0.5, 0.6) is 0 Å². The zero-order valence-corrected chi connectivity index (χ0v) is 20.9. The molecule has 3 aromatic rings. The van der Waals surface area contributed by atoms with Crippen LogP contribution in [0.1, 0.15) is 22.8 Å². The smallest absolute Gasteiger partial charge is 0.334 e. The molecule has 1 fully saturated rings. The van der Waals surface area contributed by atoms with Gasteiger partial charge in [-0.3, -0.25) is 9.69 Å². The number of likely N-dealkylation sites (tertiary alicyclic amines) is 1. The highest BCUT2D eigenvalue weighted by Gasteiger charge is 2.58. The van der Waals surface area contributed by atoms with Crippen molar-refractivity contribution in [1.82, 2.24) is 4.90 Å². The van der Waals surface area contributed by atoms with E-state index in [0.29, 0.717) is 15.9 Å². The Hall–Kier alpha value is -3.46. The van der Waals surface area contributed by atoms with Crippen LogP contribution in [0, 0.1) is 0 Å². The van der Waals surface area contributed by atoms with Gasteiger partial charge in [-0.25, -0.2) is 9.79 Å². The summed E-state index contributed by atoms with van der Waals surface area (Å²) in [5, 5.41) is 0. The zero-order valence-electron chi connectivity index (χ0n) is 18.8. The van der Waals surface area contributed by atoms with Gasteiger partial charge >= 0.3 is 5.97 Å². The Labute approximate surface area is 217 Å². The first-order valence-corrected chi connectivity index (χ1v) is 12.8. The molecule has 2 aliphatic heterocycles. The lowest BCUT2D eigenvalue weighted by molar-refractivity contribution is -0.178. The fourth-order valence-electron chi connectivity index (χ4n) is 4.29. The van der Waals surface area contributed by atoms with Crippen molar-refractivity contribution in [2.45, 2.75) is 24.4 Å². The van der Waals surface area contributed by atoms with Gasteiger partial charge in [0.25, 0.3) is 5.91 Å². The highest BCUT2D eigenvalue weighted by Crippen LogP contribution is 2.36. The standard InChI is InChI=1S/C28H23IN2O4/c1-18(17-29)23(31-26(32)22-27(31)35-25(30-22)21-15-9-4-10-16-21)28(33)34-24(19-11-5-2-6-12-19)20-13-7-3-8-14-20/h2-16,22-24,27H,1,17H2. The first kappa shape index (κ1) is 23.3. The number of hydrogen-bond donors (Lipinski definition) is 0. The fourth-order valence-corrected chi connectivity index (χ4v) is 4.71. The number of carbonyl (C=O) groups excluding carboxylic acids is 2. The molecule has 0 aliphatic carbocycles. The largest absolute Gasteiger partial charge is 0.451 e. The van der Waals surface area contributed by atoms with Crippen LogP contribution in [-0.4, -0.2) is 45.4 Å². The number of benzene rings is 3. The number of rotatable bonds is 8. The van der Waals surface area contributed by atoms with Crippen molar-refractivity contribution in [3.8, 4) is 0 Å². The molecule has 0 saturated carbocycles. The number of nitrogens with zero attached hydrogens (tertiary/aromatic N) is 2. The van der Waals surface area contributed by atoms with Crippen molar-refractivity contribution in [1.29, 1.82) is 0 Å². The fraction of sp³-hybridized carbons (Fsp3) is 0.179. The molecule has 176 valence electrons. The number of fused-ring (bicyclic) bond motifs is 1. The lowest BCUT2D eigenvalue weighted by Gasteiger charge is -2.44. The SMILES string of the molecule is C=C(CI)C(C(=O)OC(c1ccccc1)c1ccccc1)N1C(=O)C2N=C(c3ccccc3)OC21. The summed E-state index contributed by atoms with van der Waals surface area (Å²) in [5.41, 5.74) is 3.03. The second kappa shape index (κ2) is 10.0. The van der Waals surface area contributed by atoms with Gasteiger partial charge in [-0.1, -0.05) is 108 Å². The van der Waals surface area contributed by atoms with Crippen LogP contribution in [0.4, 0.5) is 0 Å². The third-order valence-corrected chi connectivity index (χ3v) is 7.04. The predicted molar refractivity (Wildman–Crippen MR) is 141 cm³/mol. The lowest BCUT2D eigenvalue weighted by Crippen LogP contribution is -2.68. The zero-order chi connectivity index (χ0) is 24.4. The number of esters is 1. The molecule has 0 N–H and O–H groups in total. The van der Waals surface area contributed by atoms with Crippen LogP contribution >= 0.6 is 22.6 Å². The van der Waals surface area contributed by atoms with Gasteiger partial charge in [0.05, 0.1) is 0 Å². The molecular formula is C28H23IN2O4. The van der Waals surface area contributed by atoms with E-state index in [1.807, 2.05) is 91.0 Å². The molecule has 2 heterocycles. The van der Waals surface area contributed by atoms with Crippen molar-refractivity contribution in [3.63, 3.8) is 0 Å². The summed E-state index contributed by atoms with van der Waals surface area (Å²) in [6.07, 6.45) is -1.29. The summed E-state index contributed by atoms with van der Waals surface area (Å²) >= 11 is 2.14. The summed E-state index contributed by atoms with van der Waals surface area (Å²) in [5.74, 6) is -0.423. The second-order valence-corrected chi connectivity index (χ2v) is 9.09. The van der Waals surface area contributed by atoms with E-state index in [9.17, 15) is 9.59 Å². The summed E-state index contributed by atoms with van der Waals surface area (Å²) in [6.45, 7) is 4.08. The molecule has 0 radical (unpaired) electrons. The molecule has 35 heavy (non-hydrogen) atoms. The minimum absolute atomic E-state index is 0.273. The number of β-lactam (4-membered cyclic amide) rings is 1. The number of carbonyl (C=O) groups is 2. The lowest BCUT2D eigenvalue weighted by atomic mass is 9.97. The van der Waals surface area contributed by atoms with E-state index in [0.717, 1.165) is 16.7 Å². The summed E-state index contributed by atoms with van der Waals surface area (Å²) in [7, 11) is 0. The van der Waals surface area contributed by atoms with Crippen molar-refractivity contribution >= 4 is 40.4 Å². The van der Waals surface area contributed by atoms with Crippen LogP contribution in [0.2, 0.25) is 0 Å². The normalized spacial score (nSPS) is 19.3. The van der Waals surface area contributed by atoms with Gasteiger partial charge < -0.3 is 9.47 Å². The molecule has 0 spiro atoms. The number of ether oxygens (including phenoxy) is 2. The quantitative estimate of drug-likeness (QED) is 0.128. The van der Waals surface area contributed by atoms with E-state index in [4.69, 9.17) is 9.47 Å². The van der Waals surface area contributed by atoms with Gasteiger partial charge in [0.1, 0.15) is 0 Å². The summed E-state index contributed by atoms with van der Waals surface area (Å²) in [4.78, 5) is 32.6. The Bertz CT molecular complexity index is 1220. The minimum atomic E-state index is -0.971. The number of aliphatic imine (C=N–C) groups is 1. The molecule has 0 bridgehead atoms. The molecule has 3 aromatic carbocycles. The van der Waals surface area contributed by atoms with Gasteiger partial charge in [-0.2, -0.15) is 0 Å². The van der Waals surface area contributed by atoms with Crippen LogP contribution in [-0.2, 0) is 19.1 Å². The van der Waals surface area contributed by atoms with E-state index < -0.39 is 30.4 Å². The van der Waals surface area contributed by atoms with Gasteiger partial charge in [0, 0.05) is 9.99 Å². The van der Waals surface area contributed by atoms with E-state index in [2.05, 4.69) is 34.2 Å². The summed E-state index contributed by atoms with van der Waals surface area (Å²) < 4.78 is 12.6. The van der Waals surface area contributed by atoms with Crippen LogP contribution in [0.15, 0.2) is 108 Å². The Morgan fingerprint density at radius 1 is 0.971 bits per heavy atom. The van der Waals surface area contributed by atoms with Gasteiger partial charge in [-0.05, 0) is 28.8 Å². The molecule has 3 atom stereocenters. The Morgan fingerprint density at radius 3 is 2.06 bits per heavy atom. The minimum Gasteiger partial charge on any atom is -0.451 e. The second-order valence-electron chi connectivity index (χ2n) is 8.33.